The van der Waals surface area contributed by atoms with Crippen LogP contribution in [0.2, 0.25) is 0 Å². The summed E-state index contributed by atoms with van der Waals surface area (Å²) in [6.45, 7) is 5.89. The van der Waals surface area contributed by atoms with E-state index in [-0.39, 0.29) is 16.9 Å². The Balaban J connectivity index is 1.58. The van der Waals surface area contributed by atoms with E-state index in [4.69, 9.17) is 4.74 Å². The van der Waals surface area contributed by atoms with Crippen LogP contribution in [0.25, 0.3) is 0 Å². The lowest BCUT2D eigenvalue weighted by atomic mass is 9.97. The van der Waals surface area contributed by atoms with Gasteiger partial charge in [-0.1, -0.05) is 66.2 Å². The van der Waals surface area contributed by atoms with Crippen LogP contribution in [0.1, 0.15) is 35.3 Å². The van der Waals surface area contributed by atoms with Crippen LogP contribution in [0.5, 0.6) is 0 Å². The van der Waals surface area contributed by atoms with Crippen molar-refractivity contribution in [2.45, 2.75) is 41.1 Å². The number of carbonyl (C=O) groups is 1. The predicted octanol–water partition coefficient (Wildman–Crippen LogP) is 7.18. The molecule has 32 heavy (non-hydrogen) atoms. The van der Waals surface area contributed by atoms with Gasteiger partial charge in [-0.3, -0.25) is 0 Å². The standard InChI is InChI=1S/C29H27O2S/c1-22-14-18-24(19-15-22)29(2,3)31-28(30)23-16-20-27(21-17-23)32(25-10-6-4-7-11-25)26-12-8-5-9-13-26/h4-21H,1-3H3/q+1. The zero-order valence-electron chi connectivity index (χ0n) is 18.6. The molecule has 0 aromatic heterocycles. The van der Waals surface area contributed by atoms with E-state index in [9.17, 15) is 4.79 Å². The molecule has 3 heteroatoms. The second kappa shape index (κ2) is 9.46. The van der Waals surface area contributed by atoms with Gasteiger partial charge in [0.15, 0.2) is 14.7 Å². The van der Waals surface area contributed by atoms with Gasteiger partial charge in [-0.2, -0.15) is 0 Å². The minimum Gasteiger partial charge on any atom is -0.451 e. The van der Waals surface area contributed by atoms with E-state index in [0.29, 0.717) is 5.56 Å². The van der Waals surface area contributed by atoms with E-state index in [2.05, 4.69) is 48.5 Å². The fraction of sp³-hybridized carbons (Fsp3) is 0.138. The van der Waals surface area contributed by atoms with Gasteiger partial charge in [0, 0.05) is 0 Å². The molecule has 2 nitrogen and oxygen atoms in total. The Kier molecular flexibility index (Phi) is 6.48. The number of esters is 1. The molecule has 0 spiro atoms. The van der Waals surface area contributed by atoms with E-state index in [1.165, 1.54) is 15.4 Å². The molecule has 0 atom stereocenters. The number of aryl methyl sites for hydroxylation is 1. The molecule has 4 aromatic rings. The van der Waals surface area contributed by atoms with Gasteiger partial charge in [0.2, 0.25) is 0 Å². The summed E-state index contributed by atoms with van der Waals surface area (Å²) in [5.41, 5.74) is 2.00. The first kappa shape index (κ1) is 21.9. The maximum Gasteiger partial charge on any atom is 0.338 e. The van der Waals surface area contributed by atoms with E-state index in [1.807, 2.05) is 81.4 Å². The fourth-order valence-corrected chi connectivity index (χ4v) is 5.64. The SMILES string of the molecule is Cc1ccc(C(C)(C)OC(=O)c2ccc([S+](c3ccccc3)c3ccccc3)cc2)cc1. The normalized spacial score (nSPS) is 11.4. The lowest BCUT2D eigenvalue weighted by Gasteiger charge is -2.26. The first-order chi connectivity index (χ1) is 15.4. The largest absolute Gasteiger partial charge is 0.451 e. The molecular formula is C29H27O2S+. The fourth-order valence-electron chi connectivity index (χ4n) is 3.55. The summed E-state index contributed by atoms with van der Waals surface area (Å²) in [6, 6.07) is 36.9. The molecule has 0 saturated carbocycles. The molecule has 0 fully saturated rings. The predicted molar refractivity (Wildman–Crippen MR) is 131 cm³/mol. The topological polar surface area (TPSA) is 26.3 Å². The second-order valence-corrected chi connectivity index (χ2v) is 10.2. The van der Waals surface area contributed by atoms with E-state index in [1.54, 1.807) is 0 Å². The molecule has 0 N–H and O–H groups in total. The first-order valence-electron chi connectivity index (χ1n) is 10.7. The minimum atomic E-state index is -0.707. The third-order valence-corrected chi connectivity index (χ3v) is 7.61. The summed E-state index contributed by atoms with van der Waals surface area (Å²) in [6.07, 6.45) is 0. The van der Waals surface area contributed by atoms with Crippen LogP contribution < -0.4 is 0 Å². The van der Waals surface area contributed by atoms with Crippen molar-refractivity contribution in [3.63, 3.8) is 0 Å². The Bertz CT molecular complexity index is 1130. The molecule has 4 rings (SSSR count). The molecule has 0 heterocycles. The van der Waals surface area contributed by atoms with Gasteiger partial charge in [0.25, 0.3) is 0 Å². The summed E-state index contributed by atoms with van der Waals surface area (Å²) in [4.78, 5) is 16.6. The van der Waals surface area contributed by atoms with Gasteiger partial charge >= 0.3 is 5.97 Å². The van der Waals surface area contributed by atoms with Gasteiger partial charge in [0.05, 0.1) is 16.5 Å². The Morgan fingerprint density at radius 1 is 0.656 bits per heavy atom. The molecule has 0 aliphatic carbocycles. The van der Waals surface area contributed by atoms with Crippen LogP contribution in [0, 0.1) is 6.92 Å². The Morgan fingerprint density at radius 2 is 1.12 bits per heavy atom. The molecule has 0 radical (unpaired) electrons. The van der Waals surface area contributed by atoms with Crippen molar-refractivity contribution in [2.75, 3.05) is 0 Å². The zero-order valence-corrected chi connectivity index (χ0v) is 19.4. The monoisotopic (exact) mass is 439 g/mol. The van der Waals surface area contributed by atoms with Gasteiger partial charge in [0.1, 0.15) is 5.60 Å². The molecule has 0 aliphatic heterocycles. The third kappa shape index (κ3) is 4.95. The molecule has 160 valence electrons. The Hall–Kier alpha value is -3.30. The number of rotatable bonds is 6. The Morgan fingerprint density at radius 3 is 1.62 bits per heavy atom. The number of ether oxygens (including phenoxy) is 1. The van der Waals surface area contributed by atoms with Crippen molar-refractivity contribution >= 4 is 16.9 Å². The third-order valence-electron chi connectivity index (χ3n) is 5.38. The molecule has 4 aromatic carbocycles. The molecule has 0 aliphatic rings. The molecular weight excluding hydrogens is 412 g/mol. The van der Waals surface area contributed by atoms with Crippen molar-refractivity contribution in [2.24, 2.45) is 0 Å². The van der Waals surface area contributed by atoms with Crippen LogP contribution in [-0.4, -0.2) is 5.97 Å². The van der Waals surface area contributed by atoms with Gasteiger partial charge in [-0.25, -0.2) is 4.79 Å². The van der Waals surface area contributed by atoms with Crippen LogP contribution in [0.4, 0.5) is 0 Å². The highest BCUT2D eigenvalue weighted by Gasteiger charge is 2.29. The minimum absolute atomic E-state index is 0.239. The molecule has 0 unspecified atom stereocenters. The average molecular weight is 440 g/mol. The summed E-state index contributed by atoms with van der Waals surface area (Å²) in [5, 5.41) is 0. The van der Waals surface area contributed by atoms with Gasteiger partial charge in [-0.05, 0) is 74.9 Å². The van der Waals surface area contributed by atoms with Crippen molar-refractivity contribution in [3.05, 3.63) is 126 Å². The summed E-state index contributed by atoms with van der Waals surface area (Å²) in [7, 11) is -0.239. The summed E-state index contributed by atoms with van der Waals surface area (Å²) < 4.78 is 5.88. The van der Waals surface area contributed by atoms with Crippen molar-refractivity contribution in [3.8, 4) is 0 Å². The molecule has 0 bridgehead atoms. The maximum absolute atomic E-state index is 12.9. The van der Waals surface area contributed by atoms with Crippen molar-refractivity contribution in [1.82, 2.24) is 0 Å². The molecule has 0 saturated heterocycles. The quantitative estimate of drug-likeness (QED) is 0.235. The highest BCUT2D eigenvalue weighted by Crippen LogP contribution is 2.32. The van der Waals surface area contributed by atoms with Crippen LogP contribution in [0.3, 0.4) is 0 Å². The van der Waals surface area contributed by atoms with Gasteiger partial charge in [-0.15, -0.1) is 0 Å². The number of hydrogen-bond acceptors (Lipinski definition) is 2. The zero-order chi connectivity index (χ0) is 22.6. The van der Waals surface area contributed by atoms with Crippen LogP contribution >= 0.6 is 0 Å². The highest BCUT2D eigenvalue weighted by atomic mass is 32.2. The van der Waals surface area contributed by atoms with Crippen molar-refractivity contribution < 1.29 is 9.53 Å². The van der Waals surface area contributed by atoms with Gasteiger partial charge < -0.3 is 4.74 Å². The first-order valence-corrected chi connectivity index (χ1v) is 11.9. The number of carbonyl (C=O) groups excluding carboxylic acids is 1. The van der Waals surface area contributed by atoms with Crippen LogP contribution in [-0.2, 0) is 21.2 Å². The molecule has 0 amide bonds. The van der Waals surface area contributed by atoms with Crippen LogP contribution in [0.15, 0.2) is 124 Å². The lowest BCUT2D eigenvalue weighted by molar-refractivity contribution is -0.00313. The van der Waals surface area contributed by atoms with E-state index >= 15 is 0 Å². The lowest BCUT2D eigenvalue weighted by Crippen LogP contribution is -2.25. The smallest absolute Gasteiger partial charge is 0.338 e. The van der Waals surface area contributed by atoms with Crippen molar-refractivity contribution in [1.29, 1.82) is 0 Å². The highest BCUT2D eigenvalue weighted by molar-refractivity contribution is 7.97. The van der Waals surface area contributed by atoms with E-state index in [0.717, 1.165) is 10.5 Å². The average Bonchev–Trinajstić information content (AvgIpc) is 2.81. The Labute approximate surface area is 193 Å². The summed E-state index contributed by atoms with van der Waals surface area (Å²) in [5.74, 6) is -0.318. The second-order valence-electron chi connectivity index (χ2n) is 8.22. The number of hydrogen-bond donors (Lipinski definition) is 0. The van der Waals surface area contributed by atoms with E-state index < -0.39 is 5.60 Å². The maximum atomic E-state index is 12.9. The number of benzene rings is 4. The summed E-state index contributed by atoms with van der Waals surface area (Å²) >= 11 is 0.